The highest BCUT2D eigenvalue weighted by molar-refractivity contribution is 6.11. The lowest BCUT2D eigenvalue weighted by Gasteiger charge is -2.41. The van der Waals surface area contributed by atoms with Crippen molar-refractivity contribution in [3.05, 3.63) is 119 Å². The van der Waals surface area contributed by atoms with Crippen molar-refractivity contribution in [2.24, 2.45) is 11.7 Å². The molecule has 5 amide bonds. The number of carbonyl (C=O) groups excluding carboxylic acids is 6. The number of fused-ring (bicyclic) bond motifs is 2. The zero-order valence-corrected chi connectivity index (χ0v) is 32.0. The predicted molar refractivity (Wildman–Crippen MR) is 211 cm³/mol. The van der Waals surface area contributed by atoms with E-state index in [9.17, 15) is 33.9 Å². The van der Waals surface area contributed by atoms with Crippen LogP contribution >= 0.6 is 0 Å². The number of hydrogen-bond donors (Lipinski definition) is 6. The monoisotopic (exact) mass is 763 g/mol. The summed E-state index contributed by atoms with van der Waals surface area (Å²) in [6.07, 6.45) is 3.69. The third-order valence-corrected chi connectivity index (χ3v) is 9.87. The molecule has 1 aliphatic heterocycles. The standard InChI is InChI=1S/C43H49N5O8/c1-26(2)36(48-35(50)21-20-34(49)28-11-6-5-7-12-28)40(53)47-33(15-10-24-45-41(44)54)39(52)46-29-18-16-27(17-19-29)25-43(55)32-14-9-8-13-30(32)37-31(38(43)51)22-23-42(3,4)56-37/h5-9,11-14,16-21,26,33,36,55H,10,15,22-25H2,1-4H3,(H,46,52)(H,47,53)(H,48,50)(H3,44,45,54)/b21-20+/t33-,36-,43?/m0/s1. The topological polar surface area (TPSA) is 206 Å². The van der Waals surface area contributed by atoms with Gasteiger partial charge in [-0.2, -0.15) is 0 Å². The number of rotatable bonds is 15. The van der Waals surface area contributed by atoms with Crippen molar-refractivity contribution in [2.45, 2.75) is 83.1 Å². The molecule has 13 nitrogen and oxygen atoms in total. The van der Waals surface area contributed by atoms with Crippen LogP contribution in [-0.4, -0.2) is 64.7 Å². The average molecular weight is 764 g/mol. The number of amides is 5. The van der Waals surface area contributed by atoms with E-state index in [0.29, 0.717) is 52.1 Å². The molecule has 7 N–H and O–H groups in total. The second kappa shape index (κ2) is 17.6. The summed E-state index contributed by atoms with van der Waals surface area (Å²) in [4.78, 5) is 77.5. The minimum atomic E-state index is -1.82. The molecule has 0 spiro atoms. The van der Waals surface area contributed by atoms with E-state index in [1.54, 1.807) is 80.6 Å². The van der Waals surface area contributed by atoms with Crippen LogP contribution in [-0.2, 0) is 35.9 Å². The Balaban J connectivity index is 1.27. The molecule has 0 saturated carbocycles. The number of aliphatic hydroxyl groups is 1. The van der Waals surface area contributed by atoms with Gasteiger partial charge < -0.3 is 36.8 Å². The molecule has 294 valence electrons. The summed E-state index contributed by atoms with van der Waals surface area (Å²) < 4.78 is 6.25. The van der Waals surface area contributed by atoms with Crippen LogP contribution in [0.5, 0.6) is 0 Å². The first-order valence-electron chi connectivity index (χ1n) is 18.7. The van der Waals surface area contributed by atoms with E-state index in [1.807, 2.05) is 26.0 Å². The second-order valence-electron chi connectivity index (χ2n) is 15.1. The number of ketones is 2. The number of urea groups is 1. The van der Waals surface area contributed by atoms with Gasteiger partial charge in [0, 0.05) is 47.0 Å². The van der Waals surface area contributed by atoms with Gasteiger partial charge in [0.1, 0.15) is 23.4 Å². The highest BCUT2D eigenvalue weighted by Gasteiger charge is 2.49. The molecule has 0 radical (unpaired) electrons. The lowest BCUT2D eigenvalue weighted by molar-refractivity contribution is -0.135. The molecule has 1 unspecified atom stereocenters. The maximum absolute atomic E-state index is 13.9. The van der Waals surface area contributed by atoms with E-state index in [4.69, 9.17) is 10.5 Å². The lowest BCUT2D eigenvalue weighted by atomic mass is 9.72. The Labute approximate surface area is 326 Å². The maximum atomic E-state index is 13.9. The van der Waals surface area contributed by atoms with E-state index in [2.05, 4.69) is 21.3 Å². The molecular formula is C43H49N5O8. The van der Waals surface area contributed by atoms with Crippen LogP contribution in [0, 0.1) is 5.92 Å². The molecule has 0 bridgehead atoms. The normalized spacial score (nSPS) is 18.2. The van der Waals surface area contributed by atoms with E-state index >= 15 is 0 Å². The van der Waals surface area contributed by atoms with Gasteiger partial charge in [-0.25, -0.2) is 4.79 Å². The SMILES string of the molecule is CC(C)[C@H](NC(=O)/C=C/C(=O)c1ccccc1)C(=O)N[C@@H](CCCNC(N)=O)C(=O)Nc1ccc(CC2(O)C(=O)C3=C(OC(C)(C)CC3)c3ccccc32)cc1. The summed E-state index contributed by atoms with van der Waals surface area (Å²) in [5.74, 6) is -2.47. The van der Waals surface area contributed by atoms with Gasteiger partial charge >= 0.3 is 6.03 Å². The van der Waals surface area contributed by atoms with Crippen molar-refractivity contribution in [1.29, 1.82) is 0 Å². The number of hydrogen-bond acceptors (Lipinski definition) is 8. The van der Waals surface area contributed by atoms with Crippen molar-refractivity contribution in [3.63, 3.8) is 0 Å². The van der Waals surface area contributed by atoms with Gasteiger partial charge in [0.15, 0.2) is 17.2 Å². The smallest absolute Gasteiger partial charge is 0.312 e. The molecule has 3 atom stereocenters. The molecule has 3 aromatic rings. The minimum Gasteiger partial charge on any atom is -0.487 e. The third-order valence-electron chi connectivity index (χ3n) is 9.87. The van der Waals surface area contributed by atoms with Gasteiger partial charge in [-0.15, -0.1) is 0 Å². The van der Waals surface area contributed by atoms with E-state index in [1.165, 1.54) is 0 Å². The number of Topliss-reactive ketones (excluding diaryl/α,β-unsaturated/α-hetero) is 1. The van der Waals surface area contributed by atoms with Gasteiger partial charge in [0.2, 0.25) is 17.7 Å². The summed E-state index contributed by atoms with van der Waals surface area (Å²) in [6, 6.07) is 19.5. The Morgan fingerprint density at radius 2 is 1.57 bits per heavy atom. The van der Waals surface area contributed by atoms with Gasteiger partial charge in [-0.1, -0.05) is 80.6 Å². The number of nitrogens with one attached hydrogen (secondary N) is 4. The summed E-state index contributed by atoms with van der Waals surface area (Å²) in [5, 5.41) is 22.7. The first-order valence-corrected chi connectivity index (χ1v) is 18.7. The molecule has 13 heteroatoms. The fraction of sp³-hybridized carbons (Fsp3) is 0.349. The van der Waals surface area contributed by atoms with Crippen molar-refractivity contribution in [3.8, 4) is 0 Å². The van der Waals surface area contributed by atoms with Crippen LogP contribution in [0.15, 0.2) is 96.6 Å². The Kier molecular flexibility index (Phi) is 12.9. The summed E-state index contributed by atoms with van der Waals surface area (Å²) in [7, 11) is 0. The highest BCUT2D eigenvalue weighted by Crippen LogP contribution is 2.47. The van der Waals surface area contributed by atoms with Crippen LogP contribution in [0.25, 0.3) is 5.76 Å². The van der Waals surface area contributed by atoms with Gasteiger partial charge in [-0.05, 0) is 69.2 Å². The quantitative estimate of drug-likeness (QED) is 0.0739. The molecule has 1 heterocycles. The molecule has 2 aliphatic rings. The zero-order chi connectivity index (χ0) is 40.6. The number of allylic oxidation sites excluding steroid dienone is 1. The largest absolute Gasteiger partial charge is 0.487 e. The molecule has 1 aliphatic carbocycles. The van der Waals surface area contributed by atoms with E-state index in [-0.39, 0.29) is 37.5 Å². The fourth-order valence-corrected chi connectivity index (χ4v) is 6.82. The summed E-state index contributed by atoms with van der Waals surface area (Å²) in [6.45, 7) is 7.56. The Morgan fingerprint density at radius 1 is 0.893 bits per heavy atom. The molecule has 5 rings (SSSR count). The second-order valence-corrected chi connectivity index (χ2v) is 15.1. The van der Waals surface area contributed by atoms with Gasteiger partial charge in [0.05, 0.1) is 0 Å². The van der Waals surface area contributed by atoms with Gasteiger partial charge in [-0.3, -0.25) is 24.0 Å². The van der Waals surface area contributed by atoms with Crippen molar-refractivity contribution in [1.82, 2.24) is 16.0 Å². The van der Waals surface area contributed by atoms with Crippen LogP contribution < -0.4 is 27.0 Å². The van der Waals surface area contributed by atoms with Crippen LogP contribution in [0.4, 0.5) is 10.5 Å². The molecule has 0 aromatic heterocycles. The number of carbonyl (C=O) groups is 6. The number of primary amides is 1. The minimum absolute atomic E-state index is 0.0132. The molecular weight excluding hydrogens is 714 g/mol. The maximum Gasteiger partial charge on any atom is 0.312 e. The lowest BCUT2D eigenvalue weighted by Crippen LogP contribution is -2.54. The van der Waals surface area contributed by atoms with Gasteiger partial charge in [0.25, 0.3) is 0 Å². The predicted octanol–water partition coefficient (Wildman–Crippen LogP) is 4.45. The number of ether oxygens (including phenoxy) is 1. The van der Waals surface area contributed by atoms with E-state index in [0.717, 1.165) is 12.2 Å². The highest BCUT2D eigenvalue weighted by atomic mass is 16.5. The summed E-state index contributed by atoms with van der Waals surface area (Å²) >= 11 is 0. The molecule has 0 fully saturated rings. The van der Waals surface area contributed by atoms with Crippen LogP contribution in [0.1, 0.15) is 80.4 Å². The summed E-state index contributed by atoms with van der Waals surface area (Å²) in [5.41, 5.74) is 6.00. The Morgan fingerprint density at radius 3 is 2.25 bits per heavy atom. The first kappa shape index (κ1) is 41.1. The van der Waals surface area contributed by atoms with Crippen molar-refractivity contribution in [2.75, 3.05) is 11.9 Å². The Bertz CT molecular complexity index is 2040. The molecule has 3 aromatic carbocycles. The van der Waals surface area contributed by atoms with Crippen LogP contribution in [0.2, 0.25) is 0 Å². The first-order chi connectivity index (χ1) is 26.6. The van der Waals surface area contributed by atoms with Crippen LogP contribution in [0.3, 0.4) is 0 Å². The number of benzene rings is 3. The zero-order valence-electron chi connectivity index (χ0n) is 32.0. The fourth-order valence-electron chi connectivity index (χ4n) is 6.82. The average Bonchev–Trinajstić information content (AvgIpc) is 3.16. The number of anilines is 1. The Hall–Kier alpha value is -6.08. The third kappa shape index (κ3) is 9.96. The molecule has 0 saturated heterocycles. The number of nitrogens with two attached hydrogens (primary N) is 1. The van der Waals surface area contributed by atoms with E-state index < -0.39 is 52.8 Å². The molecule has 56 heavy (non-hydrogen) atoms. The van der Waals surface area contributed by atoms with Crippen molar-refractivity contribution < 1.29 is 38.6 Å². The van der Waals surface area contributed by atoms with Crippen molar-refractivity contribution >= 4 is 46.8 Å².